The Balaban J connectivity index is 1.76. The Kier molecular flexibility index (Phi) is 4.44. The SMILES string of the molecule is Cc1c(C(=O)NCC2(N(C)C)CCCCC2)oc2ccccc12. The molecule has 0 saturated heterocycles. The summed E-state index contributed by atoms with van der Waals surface area (Å²) < 4.78 is 5.77. The van der Waals surface area contributed by atoms with Crippen molar-refractivity contribution in [3.8, 4) is 0 Å². The Morgan fingerprint density at radius 3 is 2.57 bits per heavy atom. The topological polar surface area (TPSA) is 45.5 Å². The second kappa shape index (κ2) is 6.36. The number of aryl methyl sites for hydroxylation is 1. The number of carbonyl (C=O) groups excluding carboxylic acids is 1. The van der Waals surface area contributed by atoms with Crippen LogP contribution in [0, 0.1) is 6.92 Å². The molecular formula is C19H26N2O2. The van der Waals surface area contributed by atoms with E-state index in [0.29, 0.717) is 12.3 Å². The lowest BCUT2D eigenvalue weighted by Crippen LogP contribution is -2.53. The largest absolute Gasteiger partial charge is 0.451 e. The molecule has 3 rings (SSSR count). The molecule has 1 heterocycles. The molecule has 4 heteroatoms. The van der Waals surface area contributed by atoms with Gasteiger partial charge in [-0.2, -0.15) is 0 Å². The van der Waals surface area contributed by atoms with Crippen LogP contribution in [0.1, 0.15) is 48.2 Å². The van der Waals surface area contributed by atoms with Crippen LogP contribution in [-0.4, -0.2) is 37.0 Å². The zero-order chi connectivity index (χ0) is 16.4. The number of hydrogen-bond donors (Lipinski definition) is 1. The normalized spacial score (nSPS) is 17.6. The summed E-state index contributed by atoms with van der Waals surface area (Å²) in [7, 11) is 4.23. The molecule has 1 aliphatic carbocycles. The number of nitrogens with one attached hydrogen (secondary N) is 1. The van der Waals surface area contributed by atoms with Gasteiger partial charge in [0.15, 0.2) is 5.76 Å². The summed E-state index contributed by atoms with van der Waals surface area (Å²) in [5.41, 5.74) is 1.77. The van der Waals surface area contributed by atoms with Crippen LogP contribution in [0.4, 0.5) is 0 Å². The lowest BCUT2D eigenvalue weighted by molar-refractivity contribution is 0.0780. The van der Waals surface area contributed by atoms with Crippen molar-refractivity contribution in [3.05, 3.63) is 35.6 Å². The summed E-state index contributed by atoms with van der Waals surface area (Å²) in [4.78, 5) is 14.9. The Morgan fingerprint density at radius 2 is 1.91 bits per heavy atom. The molecule has 1 aliphatic rings. The first-order chi connectivity index (χ1) is 11.0. The third kappa shape index (κ3) is 3.00. The van der Waals surface area contributed by atoms with Gasteiger partial charge >= 0.3 is 0 Å². The Morgan fingerprint density at radius 1 is 1.22 bits per heavy atom. The van der Waals surface area contributed by atoms with Crippen molar-refractivity contribution < 1.29 is 9.21 Å². The first-order valence-electron chi connectivity index (χ1n) is 8.47. The van der Waals surface area contributed by atoms with E-state index in [-0.39, 0.29) is 11.4 Å². The molecule has 1 aromatic carbocycles. The van der Waals surface area contributed by atoms with Crippen molar-refractivity contribution in [2.45, 2.75) is 44.6 Å². The predicted octanol–water partition coefficient (Wildman–Crippen LogP) is 3.74. The van der Waals surface area contributed by atoms with Crippen molar-refractivity contribution >= 4 is 16.9 Å². The minimum absolute atomic E-state index is 0.0772. The van der Waals surface area contributed by atoms with E-state index in [0.717, 1.165) is 29.4 Å². The first-order valence-corrected chi connectivity index (χ1v) is 8.47. The molecule has 2 aromatic rings. The molecule has 0 spiro atoms. The van der Waals surface area contributed by atoms with E-state index in [4.69, 9.17) is 4.42 Å². The number of likely N-dealkylation sites (N-methyl/N-ethyl adjacent to an activating group) is 1. The van der Waals surface area contributed by atoms with Gasteiger partial charge < -0.3 is 14.6 Å². The van der Waals surface area contributed by atoms with Crippen LogP contribution in [-0.2, 0) is 0 Å². The Hall–Kier alpha value is -1.81. The lowest BCUT2D eigenvalue weighted by atomic mass is 9.80. The Labute approximate surface area is 137 Å². The number of benzene rings is 1. The van der Waals surface area contributed by atoms with E-state index in [2.05, 4.69) is 24.3 Å². The van der Waals surface area contributed by atoms with Gasteiger partial charge in [-0.15, -0.1) is 0 Å². The fourth-order valence-electron chi connectivity index (χ4n) is 3.71. The Bertz CT molecular complexity index is 696. The molecule has 0 aliphatic heterocycles. The number of amides is 1. The van der Waals surface area contributed by atoms with Gasteiger partial charge in [-0.05, 0) is 39.9 Å². The summed E-state index contributed by atoms with van der Waals surface area (Å²) in [6.45, 7) is 2.62. The van der Waals surface area contributed by atoms with E-state index in [1.54, 1.807) is 0 Å². The maximum atomic E-state index is 12.6. The predicted molar refractivity (Wildman–Crippen MR) is 92.8 cm³/mol. The van der Waals surface area contributed by atoms with Gasteiger partial charge in [-0.3, -0.25) is 4.79 Å². The van der Waals surface area contributed by atoms with Gasteiger partial charge in [0.2, 0.25) is 0 Å². The number of hydrogen-bond acceptors (Lipinski definition) is 3. The highest BCUT2D eigenvalue weighted by Gasteiger charge is 2.34. The van der Waals surface area contributed by atoms with Crippen molar-refractivity contribution in [1.82, 2.24) is 10.2 Å². The highest BCUT2D eigenvalue weighted by molar-refractivity contribution is 5.98. The molecule has 1 aromatic heterocycles. The number of fused-ring (bicyclic) bond motifs is 1. The van der Waals surface area contributed by atoms with E-state index < -0.39 is 0 Å². The monoisotopic (exact) mass is 314 g/mol. The average molecular weight is 314 g/mol. The first kappa shape index (κ1) is 16.1. The quantitative estimate of drug-likeness (QED) is 0.935. The van der Waals surface area contributed by atoms with Crippen LogP contribution >= 0.6 is 0 Å². The lowest BCUT2D eigenvalue weighted by Gasteiger charge is -2.43. The maximum Gasteiger partial charge on any atom is 0.287 e. The van der Waals surface area contributed by atoms with Crippen LogP contribution in [0.3, 0.4) is 0 Å². The zero-order valence-corrected chi connectivity index (χ0v) is 14.3. The van der Waals surface area contributed by atoms with Crippen molar-refractivity contribution in [3.63, 3.8) is 0 Å². The average Bonchev–Trinajstić information content (AvgIpc) is 2.91. The zero-order valence-electron chi connectivity index (χ0n) is 14.3. The summed E-state index contributed by atoms with van der Waals surface area (Å²) in [6, 6.07) is 7.79. The minimum Gasteiger partial charge on any atom is -0.451 e. The number of para-hydroxylation sites is 1. The molecule has 1 saturated carbocycles. The maximum absolute atomic E-state index is 12.6. The number of nitrogens with zero attached hydrogens (tertiary/aromatic N) is 1. The van der Waals surface area contributed by atoms with E-state index in [1.165, 1.54) is 19.3 Å². The molecule has 0 atom stereocenters. The molecular weight excluding hydrogens is 288 g/mol. The van der Waals surface area contributed by atoms with Crippen LogP contribution in [0.5, 0.6) is 0 Å². The van der Waals surface area contributed by atoms with Crippen molar-refractivity contribution in [2.24, 2.45) is 0 Å². The fraction of sp³-hybridized carbons (Fsp3) is 0.526. The minimum atomic E-state index is -0.106. The standard InChI is InChI=1S/C19H26N2O2/c1-14-15-9-5-6-10-16(15)23-17(14)18(22)20-13-19(21(2)3)11-7-4-8-12-19/h5-6,9-10H,4,7-8,11-13H2,1-3H3,(H,20,22). The van der Waals surface area contributed by atoms with Crippen LogP contribution in [0.25, 0.3) is 11.0 Å². The van der Waals surface area contributed by atoms with Crippen LogP contribution in [0.2, 0.25) is 0 Å². The fourth-order valence-corrected chi connectivity index (χ4v) is 3.71. The molecule has 1 amide bonds. The van der Waals surface area contributed by atoms with Gasteiger partial charge in [0, 0.05) is 23.0 Å². The van der Waals surface area contributed by atoms with Gasteiger partial charge in [0.25, 0.3) is 5.91 Å². The summed E-state index contributed by atoms with van der Waals surface area (Å²) in [5.74, 6) is 0.335. The smallest absolute Gasteiger partial charge is 0.287 e. The van der Waals surface area contributed by atoms with Crippen LogP contribution in [0.15, 0.2) is 28.7 Å². The van der Waals surface area contributed by atoms with Gasteiger partial charge in [0.1, 0.15) is 5.58 Å². The third-order valence-corrected chi connectivity index (χ3v) is 5.36. The number of furan rings is 1. The van der Waals surface area contributed by atoms with Crippen LogP contribution < -0.4 is 5.32 Å². The summed E-state index contributed by atoms with van der Waals surface area (Å²) in [5, 5.41) is 4.13. The highest BCUT2D eigenvalue weighted by Crippen LogP contribution is 2.32. The molecule has 1 fully saturated rings. The molecule has 0 radical (unpaired) electrons. The molecule has 0 bridgehead atoms. The summed E-state index contributed by atoms with van der Waals surface area (Å²) >= 11 is 0. The number of rotatable bonds is 4. The van der Waals surface area contributed by atoms with Crippen molar-refractivity contribution in [2.75, 3.05) is 20.6 Å². The van der Waals surface area contributed by atoms with E-state index in [9.17, 15) is 4.79 Å². The van der Waals surface area contributed by atoms with E-state index in [1.807, 2.05) is 31.2 Å². The molecule has 124 valence electrons. The molecule has 23 heavy (non-hydrogen) atoms. The molecule has 0 unspecified atom stereocenters. The van der Waals surface area contributed by atoms with Crippen molar-refractivity contribution in [1.29, 1.82) is 0 Å². The second-order valence-corrected chi connectivity index (χ2v) is 6.91. The highest BCUT2D eigenvalue weighted by atomic mass is 16.3. The molecule has 1 N–H and O–H groups in total. The third-order valence-electron chi connectivity index (χ3n) is 5.36. The van der Waals surface area contributed by atoms with Gasteiger partial charge in [-0.1, -0.05) is 37.5 Å². The van der Waals surface area contributed by atoms with Gasteiger partial charge in [-0.25, -0.2) is 0 Å². The summed E-state index contributed by atoms with van der Waals surface area (Å²) in [6.07, 6.45) is 6.04. The van der Waals surface area contributed by atoms with E-state index >= 15 is 0 Å². The second-order valence-electron chi connectivity index (χ2n) is 6.91. The molecule has 4 nitrogen and oxygen atoms in total. The van der Waals surface area contributed by atoms with Gasteiger partial charge in [0.05, 0.1) is 0 Å². The number of carbonyl (C=O) groups is 1.